The van der Waals surface area contributed by atoms with Crippen LogP contribution in [0.15, 0.2) is 237 Å². The summed E-state index contributed by atoms with van der Waals surface area (Å²) in [6.07, 6.45) is 0. The highest BCUT2D eigenvalue weighted by atomic mass is 32.1. The molecule has 1 aromatic heterocycles. The lowest BCUT2D eigenvalue weighted by Gasteiger charge is -2.28. The molecule has 0 fully saturated rings. The maximum atomic E-state index is 2.40. The number of para-hydroxylation sites is 1. The average molecular weight is 782 g/mol. The van der Waals surface area contributed by atoms with E-state index in [4.69, 9.17) is 0 Å². The van der Waals surface area contributed by atoms with Crippen LogP contribution in [0.25, 0.3) is 86.6 Å². The van der Waals surface area contributed by atoms with Gasteiger partial charge in [0.1, 0.15) is 0 Å². The minimum Gasteiger partial charge on any atom is -0.310 e. The summed E-state index contributed by atoms with van der Waals surface area (Å²) in [6, 6.07) is 86.1. The smallest absolute Gasteiger partial charge is 0.0540 e. The number of rotatable bonds is 8. The molecule has 0 amide bonds. The van der Waals surface area contributed by atoms with Crippen LogP contribution in [-0.2, 0) is 0 Å². The molecule has 0 aliphatic carbocycles. The molecule has 1 nitrogen and oxygen atoms in total. The molecule has 11 aromatic rings. The first-order valence-corrected chi connectivity index (χ1v) is 21.3. The third-order valence-corrected chi connectivity index (χ3v) is 12.9. The fraction of sp³-hybridized carbons (Fsp3) is 0. The number of hydrogen-bond acceptors (Lipinski definition) is 2. The largest absolute Gasteiger partial charge is 0.310 e. The van der Waals surface area contributed by atoms with Gasteiger partial charge in [0, 0.05) is 37.1 Å². The maximum absolute atomic E-state index is 2.40. The first-order valence-electron chi connectivity index (χ1n) is 20.5. The van der Waals surface area contributed by atoms with Crippen LogP contribution in [0.1, 0.15) is 0 Å². The summed E-state index contributed by atoms with van der Waals surface area (Å²) in [5.74, 6) is 0. The number of anilines is 3. The van der Waals surface area contributed by atoms with Gasteiger partial charge in [-0.3, -0.25) is 0 Å². The van der Waals surface area contributed by atoms with Crippen molar-refractivity contribution in [2.45, 2.75) is 0 Å². The summed E-state index contributed by atoms with van der Waals surface area (Å²) < 4.78 is 2.65. The number of fused-ring (bicyclic) bond motifs is 4. The van der Waals surface area contributed by atoms with Crippen molar-refractivity contribution in [3.05, 3.63) is 237 Å². The fourth-order valence-electron chi connectivity index (χ4n) is 8.63. The zero-order chi connectivity index (χ0) is 39.8. The van der Waals surface area contributed by atoms with E-state index >= 15 is 0 Å². The highest BCUT2D eigenvalue weighted by Crippen LogP contribution is 2.44. The molecule has 10 aromatic carbocycles. The van der Waals surface area contributed by atoms with Crippen LogP contribution in [0.5, 0.6) is 0 Å². The second-order valence-electron chi connectivity index (χ2n) is 15.3. The Morgan fingerprint density at radius 1 is 0.283 bits per heavy atom. The van der Waals surface area contributed by atoms with E-state index < -0.39 is 0 Å². The molecule has 0 aliphatic heterocycles. The van der Waals surface area contributed by atoms with Crippen LogP contribution < -0.4 is 4.90 Å². The van der Waals surface area contributed by atoms with E-state index in [0.717, 1.165) is 17.1 Å². The number of nitrogens with zero attached hydrogens (tertiary/aromatic N) is 1. The molecule has 1 heterocycles. The molecule has 0 radical (unpaired) electrons. The van der Waals surface area contributed by atoms with Crippen LogP contribution in [0, 0.1) is 0 Å². The summed E-state index contributed by atoms with van der Waals surface area (Å²) in [6.45, 7) is 0. The Kier molecular flexibility index (Phi) is 9.11. The molecule has 0 N–H and O–H groups in total. The summed E-state index contributed by atoms with van der Waals surface area (Å²) in [5, 5.41) is 5.14. The van der Waals surface area contributed by atoms with Gasteiger partial charge in [0.15, 0.2) is 0 Å². The van der Waals surface area contributed by atoms with Crippen molar-refractivity contribution >= 4 is 59.3 Å². The van der Waals surface area contributed by atoms with Gasteiger partial charge in [-0.2, -0.15) is 0 Å². The SMILES string of the molecule is c1ccc(-c2ccc(-c3ccccc3N(c3ccc(-c4cccc(-c5ccc6ccccc6c5)c4)cc3)c3ccc(-c4cccc5c4sc4ccccc45)cc3)cc2)cc1. The molecule has 282 valence electrons. The lowest BCUT2D eigenvalue weighted by atomic mass is 9.96. The third kappa shape index (κ3) is 6.63. The van der Waals surface area contributed by atoms with Gasteiger partial charge in [0.05, 0.1) is 5.69 Å². The Bertz CT molecular complexity index is 3290. The van der Waals surface area contributed by atoms with Crippen LogP contribution in [-0.4, -0.2) is 0 Å². The molecule has 0 saturated heterocycles. The predicted molar refractivity (Wildman–Crippen MR) is 259 cm³/mol. The summed E-state index contributed by atoms with van der Waals surface area (Å²) in [4.78, 5) is 2.40. The minimum atomic E-state index is 1.09. The molecular formula is C58H39NS. The Morgan fingerprint density at radius 2 is 0.767 bits per heavy atom. The normalized spacial score (nSPS) is 11.3. The first kappa shape index (κ1) is 35.6. The van der Waals surface area contributed by atoms with Gasteiger partial charge in [0.2, 0.25) is 0 Å². The molecule has 11 rings (SSSR count). The Balaban J connectivity index is 0.990. The van der Waals surface area contributed by atoms with Gasteiger partial charge in [-0.05, 0) is 109 Å². The van der Waals surface area contributed by atoms with Gasteiger partial charge in [0.25, 0.3) is 0 Å². The number of benzene rings is 10. The van der Waals surface area contributed by atoms with Crippen molar-refractivity contribution in [1.82, 2.24) is 0 Å². The quantitative estimate of drug-likeness (QED) is 0.148. The predicted octanol–water partition coefficient (Wildman–Crippen LogP) is 17.0. The van der Waals surface area contributed by atoms with Gasteiger partial charge in [-0.15, -0.1) is 11.3 Å². The highest BCUT2D eigenvalue weighted by molar-refractivity contribution is 7.26. The molecule has 2 heteroatoms. The maximum Gasteiger partial charge on any atom is 0.0540 e. The topological polar surface area (TPSA) is 3.24 Å². The number of hydrogen-bond donors (Lipinski definition) is 0. The minimum absolute atomic E-state index is 1.09. The van der Waals surface area contributed by atoms with Crippen molar-refractivity contribution in [1.29, 1.82) is 0 Å². The second-order valence-corrected chi connectivity index (χ2v) is 16.4. The molecular weight excluding hydrogens is 743 g/mol. The molecule has 0 bridgehead atoms. The van der Waals surface area contributed by atoms with Crippen molar-refractivity contribution in [2.75, 3.05) is 4.90 Å². The zero-order valence-corrected chi connectivity index (χ0v) is 33.7. The van der Waals surface area contributed by atoms with Gasteiger partial charge in [-0.25, -0.2) is 0 Å². The van der Waals surface area contributed by atoms with Crippen molar-refractivity contribution < 1.29 is 0 Å². The molecule has 60 heavy (non-hydrogen) atoms. The third-order valence-electron chi connectivity index (χ3n) is 11.7. The summed E-state index contributed by atoms with van der Waals surface area (Å²) in [7, 11) is 0. The first-order chi connectivity index (χ1) is 29.7. The van der Waals surface area contributed by atoms with Gasteiger partial charge < -0.3 is 4.90 Å². The Morgan fingerprint density at radius 3 is 1.57 bits per heavy atom. The number of thiophene rings is 1. The summed E-state index contributed by atoms with van der Waals surface area (Å²) >= 11 is 1.88. The van der Waals surface area contributed by atoms with E-state index in [1.54, 1.807) is 0 Å². The van der Waals surface area contributed by atoms with E-state index in [0.29, 0.717) is 0 Å². The van der Waals surface area contributed by atoms with Gasteiger partial charge in [-0.1, -0.05) is 188 Å². The zero-order valence-electron chi connectivity index (χ0n) is 32.9. The molecule has 0 atom stereocenters. The molecule has 0 unspecified atom stereocenters. The van der Waals surface area contributed by atoms with Gasteiger partial charge >= 0.3 is 0 Å². The monoisotopic (exact) mass is 781 g/mol. The standard InChI is InChI=1S/C58H39NS/c1-2-12-40(13-3-1)42-24-27-44(28-25-42)52-18-6-8-22-56(52)59(51-36-32-45(33-37-51)53-20-11-21-55-54-19-7-9-23-57(54)60-58(53)55)50-34-30-43(31-35-50)47-16-10-17-48(38-47)49-29-26-41-14-4-5-15-46(41)39-49/h1-39H. The summed E-state index contributed by atoms with van der Waals surface area (Å²) in [5.41, 5.74) is 15.4. The highest BCUT2D eigenvalue weighted by Gasteiger charge is 2.19. The average Bonchev–Trinajstić information content (AvgIpc) is 3.72. The fourth-order valence-corrected chi connectivity index (χ4v) is 9.87. The molecule has 0 aliphatic rings. The lowest BCUT2D eigenvalue weighted by molar-refractivity contribution is 1.28. The van der Waals surface area contributed by atoms with Crippen LogP contribution in [0.3, 0.4) is 0 Å². The second kappa shape index (κ2) is 15.3. The van der Waals surface area contributed by atoms with E-state index in [1.807, 2.05) is 11.3 Å². The molecule has 0 spiro atoms. The van der Waals surface area contributed by atoms with Crippen molar-refractivity contribution in [3.8, 4) is 55.6 Å². The van der Waals surface area contributed by atoms with Crippen LogP contribution >= 0.6 is 11.3 Å². The van der Waals surface area contributed by atoms with E-state index in [-0.39, 0.29) is 0 Å². The van der Waals surface area contributed by atoms with Crippen LogP contribution in [0.4, 0.5) is 17.1 Å². The van der Waals surface area contributed by atoms with Crippen molar-refractivity contribution in [2.24, 2.45) is 0 Å². The van der Waals surface area contributed by atoms with Crippen LogP contribution in [0.2, 0.25) is 0 Å². The van der Waals surface area contributed by atoms with E-state index in [1.165, 1.54) is 86.6 Å². The van der Waals surface area contributed by atoms with Crippen molar-refractivity contribution in [3.63, 3.8) is 0 Å². The van der Waals surface area contributed by atoms with E-state index in [2.05, 4.69) is 241 Å². The Hall–Kier alpha value is -7.52. The lowest BCUT2D eigenvalue weighted by Crippen LogP contribution is -2.11. The van der Waals surface area contributed by atoms with E-state index in [9.17, 15) is 0 Å². The molecule has 0 saturated carbocycles. The Labute approximate surface area is 354 Å².